The number of sulfonamides is 1. The standard InChI is InChI=1S/C74H104N10O12S/c1-45-46(2)61(47(3)56-38-39-73(17,18)94-60(45)56)97(90,91)82-65(77)78-41-23-26-58(62(76)85)83(48(4)52-33-32-51-24-19-20-25-53(51)43-52)64(87)74(44-50-30-36-55(37-31-50)93-70(8,9)10)59(84(74)63(86)57(75)42-49-28-34-54(35-29-49)92-69(5,6)7)27-21-22-40-79-66(80-67(88)95-71(11,12)13)81-68(89)96-72(14,15)16/h19-20,24-25,28-37,43,48,57-59H,21-23,26-27,38-42,44,75H2,1-18H3,(H2,76,85)(H3,77,78,82)(H2,79,80,81,88,89)/t48-,57+,58+,59?,74-,84?/m1/s1. The number of alkyl carbamates (subject to hydrolysis) is 2. The summed E-state index contributed by atoms with van der Waals surface area (Å²) in [7, 11) is -4.27. The number of nitrogens with zero attached hydrogens (tertiary/aromatic N) is 4. The summed E-state index contributed by atoms with van der Waals surface area (Å²) in [6.45, 7) is 33.0. The normalized spacial score (nSPS) is 17.3. The van der Waals surface area contributed by atoms with E-state index in [9.17, 15) is 22.8 Å². The van der Waals surface area contributed by atoms with Crippen molar-refractivity contribution in [3.05, 3.63) is 130 Å². The van der Waals surface area contributed by atoms with Crippen LogP contribution in [0.1, 0.15) is 187 Å². The molecule has 97 heavy (non-hydrogen) atoms. The van der Waals surface area contributed by atoms with Crippen molar-refractivity contribution < 1.29 is 56.1 Å². The van der Waals surface area contributed by atoms with Crippen LogP contribution < -0.4 is 46.8 Å². The molecule has 2 aliphatic rings. The Labute approximate surface area is 573 Å². The van der Waals surface area contributed by atoms with Gasteiger partial charge < -0.3 is 50.7 Å². The molecule has 5 amide bonds. The van der Waals surface area contributed by atoms with Crippen molar-refractivity contribution in [3.63, 3.8) is 0 Å². The Hall–Kier alpha value is -8.44. The van der Waals surface area contributed by atoms with Crippen LogP contribution in [0, 0.1) is 20.8 Å². The lowest BCUT2D eigenvalue weighted by molar-refractivity contribution is -0.147. The maximum absolute atomic E-state index is 17.0. The van der Waals surface area contributed by atoms with E-state index >= 15 is 9.59 Å². The number of fused-ring (bicyclic) bond motifs is 2. The predicted octanol–water partition coefficient (Wildman–Crippen LogP) is 11.4. The molecule has 5 aromatic rings. The predicted molar refractivity (Wildman–Crippen MR) is 379 cm³/mol. The molecular formula is C74H104N10O12S. The van der Waals surface area contributed by atoms with Gasteiger partial charge in [0.1, 0.15) is 56.8 Å². The van der Waals surface area contributed by atoms with Gasteiger partial charge in [0.2, 0.25) is 23.7 Å². The fraction of sp³-hybridized carbons (Fsp3) is 0.527. The minimum absolute atomic E-state index is 0.0351. The summed E-state index contributed by atoms with van der Waals surface area (Å²) in [5.41, 5.74) is 19.8. The topological polar surface area (TPSA) is 311 Å². The highest BCUT2D eigenvalue weighted by atomic mass is 32.2. The van der Waals surface area contributed by atoms with Gasteiger partial charge in [-0.15, -0.1) is 0 Å². The zero-order valence-electron chi connectivity index (χ0n) is 60.1. The summed E-state index contributed by atoms with van der Waals surface area (Å²) in [5.74, 6) is -0.608. The first kappa shape index (κ1) is 75.9. The Bertz CT molecular complexity index is 3830. The van der Waals surface area contributed by atoms with Gasteiger partial charge in [-0.2, -0.15) is 0 Å². The molecule has 0 aromatic heterocycles. The maximum Gasteiger partial charge on any atom is 0.414 e. The first-order valence-corrected chi connectivity index (χ1v) is 34.9. The molecule has 0 radical (unpaired) electrons. The lowest BCUT2D eigenvalue weighted by Gasteiger charge is -2.38. The quantitative estimate of drug-likeness (QED) is 0.0153. The average Bonchev–Trinajstić information content (AvgIpc) is 1.53. The summed E-state index contributed by atoms with van der Waals surface area (Å²) in [6, 6.07) is 24.0. The van der Waals surface area contributed by atoms with Crippen LogP contribution in [0.25, 0.3) is 10.8 Å². The van der Waals surface area contributed by atoms with Gasteiger partial charge in [-0.3, -0.25) is 35.0 Å². The molecule has 528 valence electrons. The zero-order chi connectivity index (χ0) is 72.0. The smallest absolute Gasteiger partial charge is 0.414 e. The first-order valence-electron chi connectivity index (χ1n) is 33.4. The molecule has 2 aliphatic heterocycles. The van der Waals surface area contributed by atoms with E-state index in [-0.39, 0.29) is 62.0 Å². The number of nitrogens with one attached hydrogen (secondary N) is 3. The maximum atomic E-state index is 17.0. The number of unbranched alkanes of at least 4 members (excludes halogenated alkanes) is 1. The lowest BCUT2D eigenvalue weighted by atomic mass is 9.88. The number of aliphatic imine (C=N–C) groups is 2. The Morgan fingerprint density at radius 1 is 0.701 bits per heavy atom. The second-order valence-electron chi connectivity index (χ2n) is 30.1. The molecule has 2 heterocycles. The van der Waals surface area contributed by atoms with Gasteiger partial charge >= 0.3 is 12.2 Å². The third kappa shape index (κ3) is 20.3. The largest absolute Gasteiger partial charge is 0.488 e. The summed E-state index contributed by atoms with van der Waals surface area (Å²) >= 11 is 0. The molecule has 7 rings (SSSR count). The second kappa shape index (κ2) is 30.1. The highest BCUT2D eigenvalue weighted by Gasteiger charge is 2.71. The molecule has 22 nitrogen and oxygen atoms in total. The molecule has 0 bridgehead atoms. The summed E-state index contributed by atoms with van der Waals surface area (Å²) in [4.78, 5) is 85.4. The monoisotopic (exact) mass is 1360 g/mol. The number of benzene rings is 5. The van der Waals surface area contributed by atoms with E-state index in [2.05, 4.69) is 25.3 Å². The van der Waals surface area contributed by atoms with Crippen molar-refractivity contribution in [1.29, 1.82) is 0 Å². The van der Waals surface area contributed by atoms with E-state index in [1.54, 1.807) is 60.3 Å². The zero-order valence-corrected chi connectivity index (χ0v) is 60.9. The van der Waals surface area contributed by atoms with Crippen LogP contribution in [-0.2, 0) is 53.1 Å². The van der Waals surface area contributed by atoms with Gasteiger partial charge in [-0.25, -0.2) is 22.7 Å². The van der Waals surface area contributed by atoms with E-state index in [4.69, 9.17) is 40.9 Å². The van der Waals surface area contributed by atoms with Crippen LogP contribution >= 0.6 is 0 Å². The van der Waals surface area contributed by atoms with E-state index in [0.717, 1.165) is 21.9 Å². The molecule has 9 N–H and O–H groups in total. The van der Waals surface area contributed by atoms with Gasteiger partial charge in [-0.05, 0) is 256 Å². The Morgan fingerprint density at radius 3 is 1.79 bits per heavy atom. The Morgan fingerprint density at radius 2 is 1.25 bits per heavy atom. The highest BCUT2D eigenvalue weighted by molar-refractivity contribution is 7.90. The molecule has 5 aromatic carbocycles. The van der Waals surface area contributed by atoms with Gasteiger partial charge in [0.05, 0.1) is 23.0 Å². The molecule has 1 fully saturated rings. The van der Waals surface area contributed by atoms with Gasteiger partial charge in [-0.1, -0.05) is 60.7 Å². The Kier molecular flexibility index (Phi) is 23.6. The van der Waals surface area contributed by atoms with E-state index in [1.807, 2.05) is 160 Å². The van der Waals surface area contributed by atoms with Crippen molar-refractivity contribution >= 4 is 62.6 Å². The van der Waals surface area contributed by atoms with Crippen LogP contribution in [0.5, 0.6) is 17.2 Å². The average molecular weight is 1360 g/mol. The number of guanidine groups is 2. The summed E-state index contributed by atoms with van der Waals surface area (Å²) in [6.07, 6.45) is 0.593. The molecule has 1 unspecified atom stereocenters. The van der Waals surface area contributed by atoms with Crippen LogP contribution in [0.3, 0.4) is 0 Å². The third-order valence-electron chi connectivity index (χ3n) is 16.8. The van der Waals surface area contributed by atoms with Crippen LogP contribution in [0.4, 0.5) is 9.59 Å². The highest BCUT2D eigenvalue weighted by Crippen LogP contribution is 2.51. The third-order valence-corrected chi connectivity index (χ3v) is 18.5. The summed E-state index contributed by atoms with van der Waals surface area (Å²) < 4.78 is 60.7. The number of primary amides is 1. The van der Waals surface area contributed by atoms with Crippen molar-refractivity contribution in [2.75, 3.05) is 13.1 Å². The molecule has 1 saturated heterocycles. The van der Waals surface area contributed by atoms with Gasteiger partial charge in [0.15, 0.2) is 0 Å². The van der Waals surface area contributed by atoms with Crippen LogP contribution in [0.15, 0.2) is 106 Å². The number of rotatable bonds is 23. The SMILES string of the molecule is Cc1c(C)c(S(=O)(=O)NC(N)=NCCC[C@@H](C(N)=O)N(C(=O)[C@@]2(Cc3ccc(OC(C)(C)C)cc3)C(CCCCN=C(NC(=O)OC(C)(C)C)NC(=O)OC(C)(C)C)N2C(=O)[C@@H](N)Cc2ccc(OC(C)(C)C)cc2)[C@H](C)c2ccc3ccccc3c2)c(C)c2c1OC(C)(C)CC2. The van der Waals surface area contributed by atoms with Crippen molar-refractivity contribution in [2.24, 2.45) is 27.2 Å². The molecule has 5 atom stereocenters. The molecular weight excluding hydrogens is 1250 g/mol. The number of amides is 5. The van der Waals surface area contributed by atoms with Crippen molar-refractivity contribution in [3.8, 4) is 17.2 Å². The first-order chi connectivity index (χ1) is 45.0. The molecule has 23 heteroatoms. The van der Waals surface area contributed by atoms with Gasteiger partial charge in [0.25, 0.3) is 15.9 Å². The molecule has 0 aliphatic carbocycles. The van der Waals surface area contributed by atoms with Crippen LogP contribution in [0.2, 0.25) is 0 Å². The number of hydrogen-bond acceptors (Lipinski definition) is 15. The van der Waals surface area contributed by atoms with Gasteiger partial charge in [0, 0.05) is 19.5 Å². The van der Waals surface area contributed by atoms with E-state index in [1.165, 1.54) is 4.90 Å². The molecule has 0 spiro atoms. The Balaban J connectivity index is 1.30. The fourth-order valence-electron chi connectivity index (χ4n) is 12.4. The van der Waals surface area contributed by atoms with Crippen molar-refractivity contribution in [2.45, 2.75) is 245 Å². The number of nitrogens with two attached hydrogens (primary N) is 3. The number of hydrogen-bond donors (Lipinski definition) is 6. The minimum Gasteiger partial charge on any atom is -0.488 e. The van der Waals surface area contributed by atoms with Crippen LogP contribution in [-0.4, -0.2) is 125 Å². The fourth-order valence-corrected chi connectivity index (χ4v) is 13.9. The molecule has 0 saturated carbocycles. The van der Waals surface area contributed by atoms with E-state index in [0.29, 0.717) is 70.7 Å². The van der Waals surface area contributed by atoms with E-state index < -0.39 is 97.6 Å². The lowest BCUT2D eigenvalue weighted by Crippen LogP contribution is -2.56. The number of carbonyl (C=O) groups excluding carboxylic acids is 5. The van der Waals surface area contributed by atoms with Crippen molar-refractivity contribution in [1.82, 2.24) is 25.2 Å². The number of ether oxygens (including phenoxy) is 5. The number of carbonyl (C=O) groups is 5. The second-order valence-corrected chi connectivity index (χ2v) is 31.8. The minimum atomic E-state index is -4.27. The summed E-state index contributed by atoms with van der Waals surface area (Å²) in [5, 5.41) is 6.86.